The average Bonchev–Trinajstić information content (AvgIpc) is 2.17. The molecule has 0 bridgehead atoms. The van der Waals surface area contributed by atoms with Gasteiger partial charge >= 0.3 is 0 Å². The van der Waals surface area contributed by atoms with Gasteiger partial charge < -0.3 is 15.8 Å². The molecule has 1 aromatic rings. The Morgan fingerprint density at radius 1 is 1.50 bits per heavy atom. The first-order valence-corrected chi connectivity index (χ1v) is 4.33. The van der Waals surface area contributed by atoms with E-state index in [2.05, 4.69) is 10.1 Å². The number of carbonyl (C=O) groups is 1. The Morgan fingerprint density at radius 2 is 2.21 bits per heavy atom. The number of anilines is 1. The molecule has 3 N–H and O–H groups in total. The molecule has 0 spiro atoms. The van der Waals surface area contributed by atoms with E-state index in [9.17, 15) is 4.79 Å². The molecule has 1 aromatic carbocycles. The summed E-state index contributed by atoms with van der Waals surface area (Å²) in [5.41, 5.74) is 7.30. The monoisotopic (exact) mass is 194 g/mol. The van der Waals surface area contributed by atoms with Crippen LogP contribution in [0, 0.1) is 0 Å². The summed E-state index contributed by atoms with van der Waals surface area (Å²) in [4.78, 5) is 11.1. The van der Waals surface area contributed by atoms with Gasteiger partial charge in [-0.25, -0.2) is 0 Å². The Kier molecular flexibility index (Phi) is 3.94. The second-order valence-corrected chi connectivity index (χ2v) is 2.91. The second-order valence-electron chi connectivity index (χ2n) is 2.91. The maximum Gasteiger partial charge on any atom is 0.246 e. The third-order valence-corrected chi connectivity index (χ3v) is 1.81. The maximum atomic E-state index is 11.1. The molecule has 1 amide bonds. The molecule has 0 aliphatic rings. The van der Waals surface area contributed by atoms with E-state index in [1.165, 1.54) is 7.11 Å². The standard InChI is InChI=1S/C10H14N2O2/c1-14-7-10(13)12-6-8-4-2-3-5-9(8)11/h2-5H,6-7,11H2,1H3,(H,12,13). The van der Waals surface area contributed by atoms with Crippen LogP contribution in [0.25, 0.3) is 0 Å². The molecule has 0 radical (unpaired) electrons. The summed E-state index contributed by atoms with van der Waals surface area (Å²) in [6.45, 7) is 0.515. The van der Waals surface area contributed by atoms with Gasteiger partial charge in [0.05, 0.1) is 0 Å². The summed E-state index contributed by atoms with van der Waals surface area (Å²) in [7, 11) is 1.48. The van der Waals surface area contributed by atoms with Crippen LogP contribution >= 0.6 is 0 Å². The quantitative estimate of drug-likeness (QED) is 0.687. The van der Waals surface area contributed by atoms with Gasteiger partial charge in [-0.05, 0) is 11.6 Å². The summed E-state index contributed by atoms with van der Waals surface area (Å²) < 4.78 is 4.68. The van der Waals surface area contributed by atoms with Crippen molar-refractivity contribution in [1.82, 2.24) is 5.32 Å². The SMILES string of the molecule is COCC(=O)NCc1ccccc1N. The Hall–Kier alpha value is -1.55. The molecule has 0 fully saturated rings. The number of nitrogens with two attached hydrogens (primary N) is 1. The summed E-state index contributed by atoms with van der Waals surface area (Å²) in [6.07, 6.45) is 0. The normalized spacial score (nSPS) is 9.79. The van der Waals surface area contributed by atoms with Crippen molar-refractivity contribution in [1.29, 1.82) is 0 Å². The van der Waals surface area contributed by atoms with Crippen molar-refractivity contribution in [2.75, 3.05) is 19.5 Å². The fourth-order valence-corrected chi connectivity index (χ4v) is 1.07. The number of rotatable bonds is 4. The Balaban J connectivity index is 2.46. The number of para-hydroxylation sites is 1. The lowest BCUT2D eigenvalue weighted by atomic mass is 10.2. The van der Waals surface area contributed by atoms with Crippen molar-refractivity contribution >= 4 is 11.6 Å². The van der Waals surface area contributed by atoms with E-state index >= 15 is 0 Å². The first kappa shape index (κ1) is 10.5. The number of benzene rings is 1. The van der Waals surface area contributed by atoms with Crippen molar-refractivity contribution < 1.29 is 9.53 Å². The summed E-state index contributed by atoms with van der Waals surface area (Å²) in [5, 5.41) is 2.70. The molecule has 76 valence electrons. The average molecular weight is 194 g/mol. The number of nitrogen functional groups attached to an aromatic ring is 1. The second kappa shape index (κ2) is 5.24. The van der Waals surface area contributed by atoms with Crippen LogP contribution in [0.4, 0.5) is 5.69 Å². The predicted octanol–water partition coefficient (Wildman–Crippen LogP) is 0.531. The van der Waals surface area contributed by atoms with E-state index in [4.69, 9.17) is 5.73 Å². The van der Waals surface area contributed by atoms with Crippen molar-refractivity contribution in [3.63, 3.8) is 0 Å². The largest absolute Gasteiger partial charge is 0.398 e. The minimum atomic E-state index is -0.143. The molecule has 0 saturated carbocycles. The summed E-state index contributed by atoms with van der Waals surface area (Å²) in [5.74, 6) is -0.143. The van der Waals surface area contributed by atoms with Gasteiger partial charge in [0.2, 0.25) is 5.91 Å². The highest BCUT2D eigenvalue weighted by Gasteiger charge is 2.01. The number of carbonyl (C=O) groups excluding carboxylic acids is 1. The highest BCUT2D eigenvalue weighted by molar-refractivity contribution is 5.77. The Morgan fingerprint density at radius 3 is 2.86 bits per heavy atom. The van der Waals surface area contributed by atoms with Gasteiger partial charge in [0, 0.05) is 19.3 Å². The fraction of sp³-hybridized carbons (Fsp3) is 0.300. The van der Waals surface area contributed by atoms with Crippen molar-refractivity contribution in [3.05, 3.63) is 29.8 Å². The minimum Gasteiger partial charge on any atom is -0.398 e. The first-order chi connectivity index (χ1) is 6.74. The summed E-state index contributed by atoms with van der Waals surface area (Å²) >= 11 is 0. The number of ether oxygens (including phenoxy) is 1. The number of hydrogen-bond donors (Lipinski definition) is 2. The van der Waals surface area contributed by atoms with Gasteiger partial charge in [0.25, 0.3) is 0 Å². The van der Waals surface area contributed by atoms with Gasteiger partial charge in [-0.3, -0.25) is 4.79 Å². The molecule has 0 saturated heterocycles. The predicted molar refractivity (Wildman–Crippen MR) is 54.6 cm³/mol. The highest BCUT2D eigenvalue weighted by atomic mass is 16.5. The molecule has 0 aliphatic heterocycles. The molecule has 1 rings (SSSR count). The third-order valence-electron chi connectivity index (χ3n) is 1.81. The van der Waals surface area contributed by atoms with Crippen molar-refractivity contribution in [3.8, 4) is 0 Å². The van der Waals surface area contributed by atoms with Crippen LogP contribution in [0.1, 0.15) is 5.56 Å². The maximum absolute atomic E-state index is 11.1. The van der Waals surface area contributed by atoms with E-state index in [1.54, 1.807) is 6.07 Å². The molecule has 0 heterocycles. The lowest BCUT2D eigenvalue weighted by Crippen LogP contribution is -2.26. The van der Waals surface area contributed by atoms with Crippen molar-refractivity contribution in [2.24, 2.45) is 0 Å². The zero-order valence-corrected chi connectivity index (χ0v) is 8.12. The Bertz CT molecular complexity index is 313. The van der Waals surface area contributed by atoms with Crippen LogP contribution in [0.5, 0.6) is 0 Å². The van der Waals surface area contributed by atoms with E-state index in [-0.39, 0.29) is 12.5 Å². The smallest absolute Gasteiger partial charge is 0.246 e. The zero-order valence-electron chi connectivity index (χ0n) is 8.12. The number of nitrogens with one attached hydrogen (secondary N) is 1. The number of methoxy groups -OCH3 is 1. The summed E-state index contributed by atoms with van der Waals surface area (Å²) in [6, 6.07) is 7.42. The number of amides is 1. The molecule has 0 unspecified atom stereocenters. The van der Waals surface area contributed by atoms with Crippen molar-refractivity contribution in [2.45, 2.75) is 6.54 Å². The fourth-order valence-electron chi connectivity index (χ4n) is 1.07. The van der Waals surface area contributed by atoms with Crippen LogP contribution in [-0.2, 0) is 16.1 Å². The molecule has 4 nitrogen and oxygen atoms in total. The molecular formula is C10H14N2O2. The van der Waals surface area contributed by atoms with Gasteiger partial charge in [0.1, 0.15) is 6.61 Å². The highest BCUT2D eigenvalue weighted by Crippen LogP contribution is 2.09. The topological polar surface area (TPSA) is 64.3 Å². The zero-order chi connectivity index (χ0) is 10.4. The van der Waals surface area contributed by atoms with E-state index in [1.807, 2.05) is 18.2 Å². The molecule has 0 aromatic heterocycles. The van der Waals surface area contributed by atoms with E-state index in [0.29, 0.717) is 12.2 Å². The van der Waals surface area contributed by atoms with Gasteiger partial charge in [0.15, 0.2) is 0 Å². The molecule has 4 heteroatoms. The lowest BCUT2D eigenvalue weighted by molar-refractivity contribution is -0.124. The van der Waals surface area contributed by atoms with Gasteiger partial charge in [-0.15, -0.1) is 0 Å². The molecule has 14 heavy (non-hydrogen) atoms. The van der Waals surface area contributed by atoms with E-state index in [0.717, 1.165) is 5.56 Å². The van der Waals surface area contributed by atoms with E-state index < -0.39 is 0 Å². The number of hydrogen-bond acceptors (Lipinski definition) is 3. The third kappa shape index (κ3) is 3.06. The van der Waals surface area contributed by atoms with Crippen LogP contribution in [0.3, 0.4) is 0 Å². The van der Waals surface area contributed by atoms with Crippen LogP contribution < -0.4 is 11.1 Å². The van der Waals surface area contributed by atoms with Crippen LogP contribution in [-0.4, -0.2) is 19.6 Å². The first-order valence-electron chi connectivity index (χ1n) is 4.33. The van der Waals surface area contributed by atoms with Crippen LogP contribution in [0.2, 0.25) is 0 Å². The van der Waals surface area contributed by atoms with Crippen LogP contribution in [0.15, 0.2) is 24.3 Å². The minimum absolute atomic E-state index is 0.0761. The Labute approximate surface area is 83.1 Å². The molecular weight excluding hydrogens is 180 g/mol. The van der Waals surface area contributed by atoms with Gasteiger partial charge in [-0.2, -0.15) is 0 Å². The molecule has 0 atom stereocenters. The molecule has 0 aliphatic carbocycles. The lowest BCUT2D eigenvalue weighted by Gasteiger charge is -2.06. The van der Waals surface area contributed by atoms with Gasteiger partial charge in [-0.1, -0.05) is 18.2 Å².